The number of nitrogens with zero attached hydrogens (tertiary/aromatic N) is 2. The van der Waals surface area contributed by atoms with Gasteiger partial charge in [0.1, 0.15) is 12.4 Å². The third-order valence-corrected chi connectivity index (χ3v) is 7.92. The highest BCUT2D eigenvalue weighted by Crippen LogP contribution is 2.28. The van der Waals surface area contributed by atoms with Gasteiger partial charge < -0.3 is 14.4 Å². The first-order chi connectivity index (χ1) is 13.8. The standard InChI is InChI=1S/C20H26N2O5S2/c1-15-14-19(16(2)28-15)29(24,25)22-10-8-21(9-11-22)20(23)17-6-4-5-7-18(17)27-13-12-26-3/h4-7,14H,8-13H2,1-3H3. The van der Waals surface area contributed by atoms with Gasteiger partial charge in [-0.2, -0.15) is 4.31 Å². The van der Waals surface area contributed by atoms with E-state index in [9.17, 15) is 13.2 Å². The summed E-state index contributed by atoms with van der Waals surface area (Å²) in [4.78, 5) is 16.8. The van der Waals surface area contributed by atoms with Crippen LogP contribution < -0.4 is 4.74 Å². The number of methoxy groups -OCH3 is 1. The lowest BCUT2D eigenvalue weighted by molar-refractivity contribution is 0.0691. The summed E-state index contributed by atoms with van der Waals surface area (Å²) < 4.78 is 38.0. The van der Waals surface area contributed by atoms with Crippen LogP contribution in [0.15, 0.2) is 35.2 Å². The molecular formula is C20H26N2O5S2. The highest BCUT2D eigenvalue weighted by molar-refractivity contribution is 7.89. The summed E-state index contributed by atoms with van der Waals surface area (Å²) in [6.45, 7) is 5.74. The summed E-state index contributed by atoms with van der Waals surface area (Å²) in [5.74, 6) is 0.353. The van der Waals surface area contributed by atoms with Crippen LogP contribution in [0.25, 0.3) is 0 Å². The minimum atomic E-state index is -3.54. The van der Waals surface area contributed by atoms with Crippen LogP contribution in [0.3, 0.4) is 0 Å². The van der Waals surface area contributed by atoms with Crippen molar-refractivity contribution < 1.29 is 22.7 Å². The van der Waals surface area contributed by atoms with E-state index in [1.54, 1.807) is 36.3 Å². The van der Waals surface area contributed by atoms with Gasteiger partial charge in [0.2, 0.25) is 10.0 Å². The van der Waals surface area contributed by atoms with E-state index in [0.717, 1.165) is 9.75 Å². The topological polar surface area (TPSA) is 76.2 Å². The van der Waals surface area contributed by atoms with Crippen molar-refractivity contribution in [2.45, 2.75) is 18.7 Å². The molecule has 0 saturated carbocycles. The summed E-state index contributed by atoms with van der Waals surface area (Å²) in [5, 5.41) is 0. The van der Waals surface area contributed by atoms with Crippen LogP contribution in [0.1, 0.15) is 20.1 Å². The van der Waals surface area contributed by atoms with Crippen molar-refractivity contribution in [3.8, 4) is 5.75 Å². The zero-order valence-electron chi connectivity index (χ0n) is 16.9. The quantitative estimate of drug-likeness (QED) is 0.621. The molecule has 0 unspecified atom stereocenters. The first-order valence-electron chi connectivity index (χ1n) is 9.42. The number of hydrogen-bond acceptors (Lipinski definition) is 6. The van der Waals surface area contributed by atoms with Gasteiger partial charge in [0.05, 0.1) is 17.1 Å². The molecule has 0 bridgehead atoms. The van der Waals surface area contributed by atoms with Crippen molar-refractivity contribution >= 4 is 27.3 Å². The molecule has 7 nitrogen and oxygen atoms in total. The molecule has 2 aromatic rings. The monoisotopic (exact) mass is 438 g/mol. The van der Waals surface area contributed by atoms with Crippen molar-refractivity contribution in [3.63, 3.8) is 0 Å². The lowest BCUT2D eigenvalue weighted by atomic mass is 10.1. The summed E-state index contributed by atoms with van der Waals surface area (Å²) in [5.41, 5.74) is 0.476. The van der Waals surface area contributed by atoms with Gasteiger partial charge in [-0.15, -0.1) is 11.3 Å². The lowest BCUT2D eigenvalue weighted by Crippen LogP contribution is -2.50. The highest BCUT2D eigenvalue weighted by atomic mass is 32.2. The predicted molar refractivity (Wildman–Crippen MR) is 112 cm³/mol. The Kier molecular flexibility index (Phi) is 6.94. The molecule has 1 saturated heterocycles. The maximum absolute atomic E-state index is 13.0. The molecule has 1 amide bonds. The first-order valence-corrected chi connectivity index (χ1v) is 11.7. The second-order valence-electron chi connectivity index (χ2n) is 6.81. The van der Waals surface area contributed by atoms with Crippen LogP contribution in [-0.2, 0) is 14.8 Å². The Bertz CT molecular complexity index is 963. The van der Waals surface area contributed by atoms with Crippen molar-refractivity contribution in [1.29, 1.82) is 0 Å². The van der Waals surface area contributed by atoms with E-state index in [1.165, 1.54) is 15.6 Å². The second-order valence-corrected chi connectivity index (χ2v) is 10.2. The normalized spacial score (nSPS) is 15.5. The molecule has 0 atom stereocenters. The number of hydrogen-bond donors (Lipinski definition) is 0. The predicted octanol–water partition coefficient (Wildman–Crippen LogP) is 2.54. The minimum Gasteiger partial charge on any atom is -0.490 e. The fraction of sp³-hybridized carbons (Fsp3) is 0.450. The number of sulfonamides is 1. The first kappa shape index (κ1) is 21.8. The molecule has 3 rings (SSSR count). The van der Waals surface area contributed by atoms with Gasteiger partial charge in [-0.05, 0) is 32.0 Å². The second kappa shape index (κ2) is 9.25. The molecule has 1 aliphatic heterocycles. The summed E-state index contributed by atoms with van der Waals surface area (Å²) in [7, 11) is -1.95. The van der Waals surface area contributed by atoms with Crippen molar-refractivity contribution in [2.75, 3.05) is 46.5 Å². The average molecular weight is 439 g/mol. The Morgan fingerprint density at radius 1 is 1.10 bits per heavy atom. The molecule has 29 heavy (non-hydrogen) atoms. The fourth-order valence-corrected chi connectivity index (χ4v) is 6.25. The zero-order chi connectivity index (χ0) is 21.0. The largest absolute Gasteiger partial charge is 0.490 e. The van der Waals surface area contributed by atoms with Crippen molar-refractivity contribution in [2.24, 2.45) is 0 Å². The molecular weight excluding hydrogens is 412 g/mol. The van der Waals surface area contributed by atoms with Crippen LogP contribution in [0, 0.1) is 13.8 Å². The van der Waals surface area contributed by atoms with Crippen LogP contribution in [0.5, 0.6) is 5.75 Å². The molecule has 1 fully saturated rings. The maximum Gasteiger partial charge on any atom is 0.257 e. The summed E-state index contributed by atoms with van der Waals surface area (Å²) >= 11 is 1.48. The molecule has 0 spiro atoms. The molecule has 2 heterocycles. The number of para-hydroxylation sites is 1. The van der Waals surface area contributed by atoms with Gasteiger partial charge in [-0.3, -0.25) is 4.79 Å². The molecule has 0 aliphatic carbocycles. The van der Waals surface area contributed by atoms with E-state index in [-0.39, 0.29) is 19.0 Å². The highest BCUT2D eigenvalue weighted by Gasteiger charge is 2.32. The molecule has 1 aromatic heterocycles. The molecule has 1 aliphatic rings. The smallest absolute Gasteiger partial charge is 0.257 e. The van der Waals surface area contributed by atoms with Gasteiger partial charge in [-0.25, -0.2) is 8.42 Å². The van der Waals surface area contributed by atoms with Crippen molar-refractivity contribution in [3.05, 3.63) is 45.6 Å². The number of ether oxygens (including phenoxy) is 2. The summed E-state index contributed by atoms with van der Waals surface area (Å²) in [6.07, 6.45) is 0. The number of carbonyl (C=O) groups is 1. The van der Waals surface area contributed by atoms with E-state index in [0.29, 0.717) is 42.5 Å². The SMILES string of the molecule is COCCOc1ccccc1C(=O)N1CCN(S(=O)(=O)c2cc(C)sc2C)CC1. The van der Waals surface area contributed by atoms with Crippen LogP contribution in [0.4, 0.5) is 0 Å². The number of rotatable bonds is 7. The fourth-order valence-electron chi connectivity index (χ4n) is 3.31. The van der Waals surface area contributed by atoms with Crippen molar-refractivity contribution in [1.82, 2.24) is 9.21 Å². The minimum absolute atomic E-state index is 0.155. The molecule has 1 aromatic carbocycles. The number of aryl methyl sites for hydroxylation is 2. The number of carbonyl (C=O) groups excluding carboxylic acids is 1. The molecule has 0 N–H and O–H groups in total. The third-order valence-electron chi connectivity index (χ3n) is 4.80. The Morgan fingerprint density at radius 3 is 2.41 bits per heavy atom. The summed E-state index contributed by atoms with van der Waals surface area (Å²) in [6, 6.07) is 8.81. The van der Waals surface area contributed by atoms with Gasteiger partial charge in [-0.1, -0.05) is 12.1 Å². The van der Waals surface area contributed by atoms with Gasteiger partial charge >= 0.3 is 0 Å². The van der Waals surface area contributed by atoms with E-state index in [2.05, 4.69) is 0 Å². The molecule has 0 radical (unpaired) electrons. The maximum atomic E-state index is 13.0. The van der Waals surface area contributed by atoms with Gasteiger partial charge in [0.25, 0.3) is 5.91 Å². The lowest BCUT2D eigenvalue weighted by Gasteiger charge is -2.34. The Labute approximate surface area is 175 Å². The molecule has 158 valence electrons. The van der Waals surface area contributed by atoms with Gasteiger partial charge in [0, 0.05) is 43.0 Å². The van der Waals surface area contributed by atoms with Crippen LogP contribution >= 0.6 is 11.3 Å². The Morgan fingerprint density at radius 2 is 1.79 bits per heavy atom. The third kappa shape index (κ3) is 4.80. The number of piperazine rings is 1. The van der Waals surface area contributed by atoms with E-state index in [4.69, 9.17) is 9.47 Å². The van der Waals surface area contributed by atoms with Gasteiger partial charge in [0.15, 0.2) is 0 Å². The van der Waals surface area contributed by atoms with Crippen LogP contribution in [-0.4, -0.2) is 70.0 Å². The average Bonchev–Trinajstić information content (AvgIpc) is 3.07. The zero-order valence-corrected chi connectivity index (χ0v) is 18.5. The van der Waals surface area contributed by atoms with E-state index in [1.807, 2.05) is 19.9 Å². The number of thiophene rings is 1. The number of benzene rings is 1. The Hall–Kier alpha value is -1.94. The van der Waals surface area contributed by atoms with E-state index < -0.39 is 10.0 Å². The van der Waals surface area contributed by atoms with Crippen LogP contribution in [0.2, 0.25) is 0 Å². The number of amides is 1. The Balaban J connectivity index is 1.68. The van der Waals surface area contributed by atoms with E-state index >= 15 is 0 Å². The molecule has 9 heteroatoms.